The Kier molecular flexibility index (Phi) is 8.23. The first-order valence-electron chi connectivity index (χ1n) is 12.4. The van der Waals surface area contributed by atoms with Crippen molar-refractivity contribution in [3.8, 4) is 5.75 Å². The van der Waals surface area contributed by atoms with E-state index in [4.69, 9.17) is 4.74 Å². The molecular formula is C31H23BrFN3O4S. The molecule has 0 atom stereocenters. The van der Waals surface area contributed by atoms with Crippen LogP contribution in [0.5, 0.6) is 5.75 Å². The number of hydrogen-bond donors (Lipinski definition) is 2. The zero-order valence-corrected chi connectivity index (χ0v) is 24.3. The van der Waals surface area contributed by atoms with E-state index in [1.807, 2.05) is 19.1 Å². The first-order valence-corrected chi connectivity index (χ1v) is 14.0. The van der Waals surface area contributed by atoms with E-state index in [1.165, 1.54) is 31.4 Å². The Hall–Kier alpha value is -4.41. The summed E-state index contributed by atoms with van der Waals surface area (Å²) in [4.78, 5) is 41.7. The molecule has 1 aliphatic heterocycles. The lowest BCUT2D eigenvalue weighted by Crippen LogP contribution is -2.32. The van der Waals surface area contributed by atoms with E-state index in [0.29, 0.717) is 27.6 Å². The van der Waals surface area contributed by atoms with Crippen LogP contribution >= 0.6 is 27.7 Å². The third-order valence-corrected chi connectivity index (χ3v) is 7.80. The van der Waals surface area contributed by atoms with Crippen LogP contribution in [-0.2, 0) is 9.59 Å². The quantitative estimate of drug-likeness (QED) is 0.201. The third-order valence-electron chi connectivity index (χ3n) is 6.18. The van der Waals surface area contributed by atoms with Crippen molar-refractivity contribution in [2.75, 3.05) is 22.6 Å². The van der Waals surface area contributed by atoms with Gasteiger partial charge in [-0.1, -0.05) is 33.8 Å². The highest BCUT2D eigenvalue weighted by Gasteiger charge is 2.40. The maximum Gasteiger partial charge on any atom is 0.283 e. The molecule has 10 heteroatoms. The van der Waals surface area contributed by atoms with E-state index >= 15 is 0 Å². The van der Waals surface area contributed by atoms with Crippen molar-refractivity contribution in [1.29, 1.82) is 0 Å². The molecule has 206 valence electrons. The lowest BCUT2D eigenvalue weighted by Gasteiger charge is -2.16. The van der Waals surface area contributed by atoms with Crippen LogP contribution in [0.25, 0.3) is 0 Å². The van der Waals surface area contributed by atoms with Gasteiger partial charge in [0.2, 0.25) is 0 Å². The van der Waals surface area contributed by atoms with Crippen molar-refractivity contribution in [3.05, 3.63) is 123 Å². The second kappa shape index (κ2) is 12.0. The van der Waals surface area contributed by atoms with Gasteiger partial charge < -0.3 is 15.4 Å². The minimum atomic E-state index is -0.578. The first-order chi connectivity index (χ1) is 19.7. The third kappa shape index (κ3) is 6.18. The van der Waals surface area contributed by atoms with Gasteiger partial charge in [0.25, 0.3) is 17.7 Å². The Labute approximate surface area is 248 Å². The van der Waals surface area contributed by atoms with Crippen LogP contribution < -0.4 is 20.3 Å². The average molecular weight is 633 g/mol. The van der Waals surface area contributed by atoms with E-state index < -0.39 is 17.6 Å². The number of aryl methyl sites for hydroxylation is 1. The lowest BCUT2D eigenvalue weighted by molar-refractivity contribution is -0.120. The predicted octanol–water partition coefficient (Wildman–Crippen LogP) is 7.15. The van der Waals surface area contributed by atoms with Crippen LogP contribution in [0.4, 0.5) is 21.5 Å². The fraction of sp³-hybridized carbons (Fsp3) is 0.0645. The minimum Gasteiger partial charge on any atom is -0.495 e. The molecule has 4 aromatic rings. The van der Waals surface area contributed by atoms with Gasteiger partial charge in [0.15, 0.2) is 0 Å². The summed E-state index contributed by atoms with van der Waals surface area (Å²) >= 11 is 4.46. The largest absolute Gasteiger partial charge is 0.495 e. The Balaban J connectivity index is 1.44. The van der Waals surface area contributed by atoms with E-state index in [-0.39, 0.29) is 22.2 Å². The molecule has 1 aliphatic rings. The summed E-state index contributed by atoms with van der Waals surface area (Å²) in [5.74, 6) is -1.37. The monoisotopic (exact) mass is 631 g/mol. The van der Waals surface area contributed by atoms with Crippen LogP contribution in [0.2, 0.25) is 0 Å². The van der Waals surface area contributed by atoms with Gasteiger partial charge in [0, 0.05) is 20.6 Å². The van der Waals surface area contributed by atoms with Crippen LogP contribution in [0.15, 0.2) is 111 Å². The molecule has 0 saturated heterocycles. The Bertz CT molecular complexity index is 1670. The standard InChI is InChI=1S/C31H23BrFN3O4S/c1-18-3-16-26(40-2)25(17-18)35-27-28(31(39)36(30(27)38)23-12-8-21(33)9-13-23)41-24-14-10-22(11-15-24)34-29(37)19-4-6-20(32)7-5-19/h3-17,35H,1-2H3,(H,34,37). The average Bonchev–Trinajstić information content (AvgIpc) is 3.19. The minimum absolute atomic E-state index is 0.0702. The van der Waals surface area contributed by atoms with Gasteiger partial charge in [0.1, 0.15) is 22.2 Å². The molecule has 2 N–H and O–H groups in total. The predicted molar refractivity (Wildman–Crippen MR) is 162 cm³/mol. The molecule has 0 aromatic heterocycles. The molecule has 0 fully saturated rings. The number of halogens is 2. The molecule has 0 bridgehead atoms. The van der Waals surface area contributed by atoms with E-state index in [2.05, 4.69) is 26.6 Å². The number of anilines is 3. The molecule has 0 radical (unpaired) electrons. The number of thioether (sulfide) groups is 1. The fourth-order valence-electron chi connectivity index (χ4n) is 4.12. The maximum absolute atomic E-state index is 13.6. The highest BCUT2D eigenvalue weighted by atomic mass is 79.9. The van der Waals surface area contributed by atoms with Crippen LogP contribution in [0.1, 0.15) is 15.9 Å². The number of imide groups is 1. The number of nitrogens with zero attached hydrogens (tertiary/aromatic N) is 1. The van der Waals surface area contributed by atoms with Crippen LogP contribution in [0, 0.1) is 12.7 Å². The van der Waals surface area contributed by atoms with Gasteiger partial charge in [-0.3, -0.25) is 14.4 Å². The van der Waals surface area contributed by atoms with Crippen LogP contribution in [-0.4, -0.2) is 24.8 Å². The number of rotatable bonds is 8. The number of hydrogen-bond acceptors (Lipinski definition) is 6. The number of carbonyl (C=O) groups is 3. The molecular weight excluding hydrogens is 609 g/mol. The smallest absolute Gasteiger partial charge is 0.283 e. The summed E-state index contributed by atoms with van der Waals surface area (Å²) in [6.45, 7) is 1.90. The summed E-state index contributed by atoms with van der Waals surface area (Å²) in [7, 11) is 1.52. The number of carbonyl (C=O) groups excluding carboxylic acids is 3. The van der Waals surface area contributed by atoms with Gasteiger partial charge in [0.05, 0.1) is 18.5 Å². The molecule has 0 spiro atoms. The topological polar surface area (TPSA) is 87.7 Å². The molecule has 0 unspecified atom stereocenters. The molecule has 1 heterocycles. The second-order valence-corrected chi connectivity index (χ2v) is 11.0. The molecule has 4 aromatic carbocycles. The number of nitrogens with one attached hydrogen (secondary N) is 2. The van der Waals surface area contributed by atoms with E-state index in [0.717, 1.165) is 26.7 Å². The summed E-state index contributed by atoms with van der Waals surface area (Å²) in [5, 5.41) is 5.95. The Morgan fingerprint density at radius 1 is 0.902 bits per heavy atom. The van der Waals surface area contributed by atoms with Gasteiger partial charge in [-0.2, -0.15) is 0 Å². The van der Waals surface area contributed by atoms with Gasteiger partial charge in [-0.05, 0) is 97.4 Å². The van der Waals surface area contributed by atoms with Crippen molar-refractivity contribution in [2.45, 2.75) is 11.8 Å². The summed E-state index contributed by atoms with van der Waals surface area (Å²) in [6, 6.07) is 24.5. The highest BCUT2D eigenvalue weighted by molar-refractivity contribution is 9.10. The van der Waals surface area contributed by atoms with Crippen molar-refractivity contribution >= 4 is 62.5 Å². The molecule has 7 nitrogen and oxygen atoms in total. The number of methoxy groups -OCH3 is 1. The van der Waals surface area contributed by atoms with Gasteiger partial charge in [-0.15, -0.1) is 0 Å². The molecule has 5 rings (SSSR count). The summed E-state index contributed by atoms with van der Waals surface area (Å²) < 4.78 is 19.9. The number of ether oxygens (including phenoxy) is 1. The molecule has 0 saturated carbocycles. The summed E-state index contributed by atoms with van der Waals surface area (Å²) in [5.41, 5.74) is 2.85. The van der Waals surface area contributed by atoms with Crippen molar-refractivity contribution in [3.63, 3.8) is 0 Å². The second-order valence-electron chi connectivity index (χ2n) is 9.04. The van der Waals surface area contributed by atoms with Crippen LogP contribution in [0.3, 0.4) is 0 Å². The zero-order chi connectivity index (χ0) is 29.1. The van der Waals surface area contributed by atoms with Gasteiger partial charge in [-0.25, -0.2) is 9.29 Å². The summed E-state index contributed by atoms with van der Waals surface area (Å²) in [6.07, 6.45) is 0. The number of benzene rings is 4. The normalized spacial score (nSPS) is 13.0. The highest BCUT2D eigenvalue weighted by Crippen LogP contribution is 2.39. The molecule has 0 aliphatic carbocycles. The van der Waals surface area contributed by atoms with Gasteiger partial charge >= 0.3 is 0 Å². The molecule has 3 amide bonds. The first kappa shape index (κ1) is 28.1. The van der Waals surface area contributed by atoms with Crippen molar-refractivity contribution < 1.29 is 23.5 Å². The molecule has 41 heavy (non-hydrogen) atoms. The Morgan fingerprint density at radius 2 is 1.59 bits per heavy atom. The van der Waals surface area contributed by atoms with E-state index in [1.54, 1.807) is 54.6 Å². The van der Waals surface area contributed by atoms with Crippen molar-refractivity contribution in [1.82, 2.24) is 0 Å². The SMILES string of the molecule is COc1ccc(C)cc1NC1=C(Sc2ccc(NC(=O)c3ccc(Br)cc3)cc2)C(=O)N(c2ccc(F)cc2)C1=O. The lowest BCUT2D eigenvalue weighted by atomic mass is 10.2. The Morgan fingerprint density at radius 3 is 2.24 bits per heavy atom. The maximum atomic E-state index is 13.6. The van der Waals surface area contributed by atoms with E-state index in [9.17, 15) is 18.8 Å². The van der Waals surface area contributed by atoms with Crippen molar-refractivity contribution in [2.24, 2.45) is 0 Å². The zero-order valence-electron chi connectivity index (χ0n) is 21.9. The fourth-order valence-corrected chi connectivity index (χ4v) is 5.31. The number of amides is 3.